The van der Waals surface area contributed by atoms with Crippen LogP contribution >= 0.6 is 0 Å². The molecule has 0 aliphatic rings. The third kappa shape index (κ3) is 5.82. The Bertz CT molecular complexity index is 3450. The second kappa shape index (κ2) is 14.3. The summed E-state index contributed by atoms with van der Waals surface area (Å²) in [5, 5.41) is 6.77. The van der Waals surface area contributed by atoms with Gasteiger partial charge in [0.25, 0.3) is 0 Å². The van der Waals surface area contributed by atoms with Gasteiger partial charge in [-0.05, 0) is 87.3 Å². The molecule has 0 saturated carbocycles. The smallest absolute Gasteiger partial charge is 0.145 e. The molecule has 3 nitrogen and oxygen atoms in total. The van der Waals surface area contributed by atoms with Gasteiger partial charge in [-0.15, -0.1) is 0 Å². The molecule has 0 saturated heterocycles. The molecule has 0 bridgehead atoms. The van der Waals surface area contributed by atoms with Crippen LogP contribution in [0.4, 0.5) is 17.1 Å². The standard InChI is InChI=1S/C58H38N2O/c1-4-14-39(15-5-1)42-24-31-46(32-25-42)59(47-33-26-43(27-34-47)40-16-6-2-7-17-40)53-38-52-50-22-12-13-23-54(50)61-58(52)55-51-37-30-45-20-10-11-21-49(45)56(51)60(57(53)55)48-35-28-44(29-36-48)41-18-8-3-9-19-41/h1-38H. The molecule has 0 amide bonds. The van der Waals surface area contributed by atoms with Gasteiger partial charge >= 0.3 is 0 Å². The maximum Gasteiger partial charge on any atom is 0.145 e. The number of hydrogen-bond acceptors (Lipinski definition) is 2. The zero-order valence-corrected chi connectivity index (χ0v) is 33.2. The second-order valence-electron chi connectivity index (χ2n) is 15.7. The zero-order valence-electron chi connectivity index (χ0n) is 33.2. The Labute approximate surface area is 353 Å². The van der Waals surface area contributed by atoms with Gasteiger partial charge in [-0.1, -0.05) is 182 Å². The highest BCUT2D eigenvalue weighted by Crippen LogP contribution is 2.50. The number of para-hydroxylation sites is 1. The minimum atomic E-state index is 0.871. The molecule has 0 N–H and O–H groups in total. The molecule has 10 aromatic carbocycles. The largest absolute Gasteiger partial charge is 0.455 e. The molecule has 3 heteroatoms. The molecular weight excluding hydrogens is 741 g/mol. The van der Waals surface area contributed by atoms with Crippen LogP contribution < -0.4 is 4.90 Å². The monoisotopic (exact) mass is 778 g/mol. The summed E-state index contributed by atoms with van der Waals surface area (Å²) in [6, 6.07) is 82.9. The fraction of sp³-hybridized carbons (Fsp3) is 0. The SMILES string of the molecule is c1ccc(-c2ccc(N(c3ccc(-c4ccccc4)cc3)c3cc4c5ccccc5oc4c4c5ccc6ccccc6c5n(-c5ccc(-c6ccccc6)cc5)c34)cc2)cc1. The van der Waals surface area contributed by atoms with Gasteiger partial charge in [-0.25, -0.2) is 0 Å². The van der Waals surface area contributed by atoms with Crippen molar-refractivity contribution in [2.45, 2.75) is 0 Å². The number of nitrogens with zero attached hydrogens (tertiary/aromatic N) is 2. The quantitative estimate of drug-likeness (QED) is 0.161. The topological polar surface area (TPSA) is 21.3 Å². The summed E-state index contributed by atoms with van der Waals surface area (Å²) in [6.45, 7) is 0. The first-order chi connectivity index (χ1) is 30.3. The van der Waals surface area contributed by atoms with Gasteiger partial charge in [-0.3, -0.25) is 0 Å². The Morgan fingerprint density at radius 2 is 0.820 bits per heavy atom. The number of aromatic nitrogens is 1. The molecule has 0 unspecified atom stereocenters. The molecule has 0 atom stereocenters. The van der Waals surface area contributed by atoms with Crippen LogP contribution in [0, 0.1) is 0 Å². The van der Waals surface area contributed by atoms with E-state index in [-0.39, 0.29) is 0 Å². The molecule has 0 fully saturated rings. The predicted molar refractivity (Wildman–Crippen MR) is 257 cm³/mol. The molecule has 0 spiro atoms. The van der Waals surface area contributed by atoms with Gasteiger partial charge in [0.2, 0.25) is 0 Å². The molecule has 2 aromatic heterocycles. The Morgan fingerprint density at radius 3 is 1.39 bits per heavy atom. The van der Waals surface area contributed by atoms with Crippen molar-refractivity contribution in [2.24, 2.45) is 0 Å². The predicted octanol–water partition coefficient (Wildman–Crippen LogP) is 16.3. The molecule has 0 aliphatic heterocycles. The average Bonchev–Trinajstić information content (AvgIpc) is 3.90. The van der Waals surface area contributed by atoms with Gasteiger partial charge < -0.3 is 13.9 Å². The number of fused-ring (bicyclic) bond motifs is 9. The minimum Gasteiger partial charge on any atom is -0.455 e. The maximum absolute atomic E-state index is 6.96. The van der Waals surface area contributed by atoms with Gasteiger partial charge in [0.05, 0.1) is 22.1 Å². The van der Waals surface area contributed by atoms with Crippen molar-refractivity contribution in [1.29, 1.82) is 0 Å². The summed E-state index contributed by atoms with van der Waals surface area (Å²) in [5.41, 5.74) is 15.3. The molecule has 0 aliphatic carbocycles. The van der Waals surface area contributed by atoms with E-state index in [9.17, 15) is 0 Å². The summed E-state index contributed by atoms with van der Waals surface area (Å²) in [4.78, 5) is 2.43. The fourth-order valence-corrected chi connectivity index (χ4v) is 9.28. The molecule has 61 heavy (non-hydrogen) atoms. The molecule has 12 rings (SSSR count). The Balaban J connectivity index is 1.20. The fourth-order valence-electron chi connectivity index (χ4n) is 9.28. The highest BCUT2D eigenvalue weighted by molar-refractivity contribution is 6.30. The lowest BCUT2D eigenvalue weighted by Gasteiger charge is -2.28. The van der Waals surface area contributed by atoms with Crippen LogP contribution in [0.15, 0.2) is 235 Å². The highest BCUT2D eigenvalue weighted by atomic mass is 16.3. The lowest BCUT2D eigenvalue weighted by atomic mass is 10.0. The molecule has 286 valence electrons. The van der Waals surface area contributed by atoms with Crippen LogP contribution in [0.5, 0.6) is 0 Å². The van der Waals surface area contributed by atoms with Gasteiger partial charge in [0.1, 0.15) is 11.2 Å². The summed E-state index contributed by atoms with van der Waals surface area (Å²) in [6.07, 6.45) is 0. The van der Waals surface area contributed by atoms with Crippen LogP contribution in [-0.2, 0) is 0 Å². The summed E-state index contributed by atoms with van der Waals surface area (Å²) in [7, 11) is 0. The van der Waals surface area contributed by atoms with Crippen molar-refractivity contribution in [2.75, 3.05) is 4.90 Å². The van der Waals surface area contributed by atoms with Gasteiger partial charge in [0.15, 0.2) is 0 Å². The van der Waals surface area contributed by atoms with Crippen molar-refractivity contribution < 1.29 is 4.42 Å². The Morgan fingerprint density at radius 1 is 0.344 bits per heavy atom. The Hall–Kier alpha value is -8.14. The average molecular weight is 779 g/mol. The van der Waals surface area contributed by atoms with E-state index in [4.69, 9.17) is 4.42 Å². The third-order valence-electron chi connectivity index (χ3n) is 12.2. The van der Waals surface area contributed by atoms with E-state index < -0.39 is 0 Å². The zero-order chi connectivity index (χ0) is 40.3. The summed E-state index contributed by atoms with van der Waals surface area (Å²) < 4.78 is 9.44. The Kier molecular flexibility index (Phi) is 8.17. The third-order valence-corrected chi connectivity index (χ3v) is 12.2. The summed E-state index contributed by atoms with van der Waals surface area (Å²) >= 11 is 0. The number of hydrogen-bond donors (Lipinski definition) is 0. The number of furan rings is 1. The van der Waals surface area contributed by atoms with Crippen LogP contribution in [0.1, 0.15) is 0 Å². The van der Waals surface area contributed by atoms with Gasteiger partial charge in [-0.2, -0.15) is 0 Å². The van der Waals surface area contributed by atoms with Crippen molar-refractivity contribution in [3.63, 3.8) is 0 Å². The van der Waals surface area contributed by atoms with E-state index >= 15 is 0 Å². The van der Waals surface area contributed by atoms with Gasteiger partial charge in [0, 0.05) is 38.6 Å². The molecule has 0 radical (unpaired) electrons. The first-order valence-corrected chi connectivity index (χ1v) is 20.8. The van der Waals surface area contributed by atoms with Crippen molar-refractivity contribution in [1.82, 2.24) is 4.57 Å². The van der Waals surface area contributed by atoms with E-state index in [1.807, 2.05) is 0 Å². The minimum absolute atomic E-state index is 0.871. The van der Waals surface area contributed by atoms with E-state index in [0.29, 0.717) is 0 Å². The lowest BCUT2D eigenvalue weighted by Crippen LogP contribution is -2.12. The van der Waals surface area contributed by atoms with E-state index in [2.05, 4.69) is 240 Å². The van der Waals surface area contributed by atoms with E-state index in [0.717, 1.165) is 66.5 Å². The van der Waals surface area contributed by atoms with E-state index in [1.165, 1.54) is 44.2 Å². The molecular formula is C58H38N2O. The summed E-state index contributed by atoms with van der Waals surface area (Å²) in [5.74, 6) is 0. The van der Waals surface area contributed by atoms with Crippen molar-refractivity contribution in [3.05, 3.63) is 231 Å². The highest BCUT2D eigenvalue weighted by Gasteiger charge is 2.27. The van der Waals surface area contributed by atoms with Crippen LogP contribution in [-0.4, -0.2) is 4.57 Å². The number of anilines is 3. The molecule has 2 heterocycles. The van der Waals surface area contributed by atoms with Crippen LogP contribution in [0.25, 0.3) is 93.6 Å². The molecule has 12 aromatic rings. The van der Waals surface area contributed by atoms with E-state index in [1.54, 1.807) is 0 Å². The second-order valence-corrected chi connectivity index (χ2v) is 15.7. The van der Waals surface area contributed by atoms with Crippen LogP contribution in [0.2, 0.25) is 0 Å². The first kappa shape index (κ1) is 34.9. The van der Waals surface area contributed by atoms with Crippen molar-refractivity contribution in [3.8, 4) is 39.1 Å². The number of benzene rings is 10. The van der Waals surface area contributed by atoms with Crippen LogP contribution in [0.3, 0.4) is 0 Å². The normalized spacial score (nSPS) is 11.6. The van der Waals surface area contributed by atoms with Crippen molar-refractivity contribution >= 4 is 71.6 Å². The number of rotatable bonds is 7. The maximum atomic E-state index is 6.96. The lowest BCUT2D eigenvalue weighted by molar-refractivity contribution is 0.673. The first-order valence-electron chi connectivity index (χ1n) is 20.8.